The third-order valence-corrected chi connectivity index (χ3v) is 2.70. The number of aliphatic imine (C=N–C) groups is 1. The Kier molecular flexibility index (Phi) is 3.41. The molecule has 2 N–H and O–H groups in total. The molecule has 1 aromatic rings. The summed E-state index contributed by atoms with van der Waals surface area (Å²) in [6.45, 7) is 2.28. The fraction of sp³-hybridized carbons (Fsp3) is 0.417. The number of nitrogens with zero attached hydrogens (tertiary/aromatic N) is 2. The molecule has 0 amide bonds. The Morgan fingerprint density at radius 2 is 2.19 bits per heavy atom. The zero-order chi connectivity index (χ0) is 11.4. The van der Waals surface area contributed by atoms with Crippen LogP contribution < -0.4 is 5.32 Å². The van der Waals surface area contributed by atoms with Gasteiger partial charge in [-0.2, -0.15) is 0 Å². The van der Waals surface area contributed by atoms with Crippen LogP contribution in [0.1, 0.15) is 11.7 Å². The Bertz CT molecular complexity index is 364. The lowest BCUT2D eigenvalue weighted by molar-refractivity contribution is 0.180. The van der Waals surface area contributed by atoms with Gasteiger partial charge < -0.3 is 15.3 Å². The molecule has 1 aliphatic heterocycles. The van der Waals surface area contributed by atoms with Crippen molar-refractivity contribution in [3.05, 3.63) is 35.9 Å². The predicted molar refractivity (Wildman–Crippen MR) is 64.3 cm³/mol. The molecule has 0 spiro atoms. The van der Waals surface area contributed by atoms with Gasteiger partial charge in [0.25, 0.3) is 0 Å². The summed E-state index contributed by atoms with van der Waals surface area (Å²) >= 11 is 0. The van der Waals surface area contributed by atoms with Crippen LogP contribution in [0.15, 0.2) is 35.3 Å². The van der Waals surface area contributed by atoms with E-state index in [1.165, 1.54) is 0 Å². The second-order valence-corrected chi connectivity index (χ2v) is 3.93. The Morgan fingerprint density at radius 1 is 1.44 bits per heavy atom. The first-order chi connectivity index (χ1) is 7.77. The van der Waals surface area contributed by atoms with E-state index in [4.69, 9.17) is 0 Å². The van der Waals surface area contributed by atoms with Crippen molar-refractivity contribution >= 4 is 5.96 Å². The summed E-state index contributed by atoms with van der Waals surface area (Å²) in [6.07, 6.45) is -0.488. The molecule has 0 fully saturated rings. The summed E-state index contributed by atoms with van der Waals surface area (Å²) in [5.41, 5.74) is 0.927. The standard InChI is InChI=1S/C12H17N3O/c1-15-8-7-13-12(15)14-9-11(16)10-5-3-2-4-6-10/h2-6,11,16H,7-9H2,1H3,(H,13,14). The molecule has 1 aromatic carbocycles. The minimum absolute atomic E-state index is 0.488. The highest BCUT2D eigenvalue weighted by molar-refractivity contribution is 5.81. The Labute approximate surface area is 95.6 Å². The van der Waals surface area contributed by atoms with Crippen LogP contribution in [0.2, 0.25) is 0 Å². The number of likely N-dealkylation sites (N-methyl/N-ethyl adjacent to an activating group) is 1. The van der Waals surface area contributed by atoms with Gasteiger partial charge in [-0.05, 0) is 5.56 Å². The SMILES string of the molecule is CN1CCN=C1NCC(O)c1ccccc1. The lowest BCUT2D eigenvalue weighted by atomic mass is 10.1. The molecule has 0 aliphatic carbocycles. The van der Waals surface area contributed by atoms with Gasteiger partial charge in [-0.15, -0.1) is 0 Å². The molecule has 1 aliphatic rings. The van der Waals surface area contributed by atoms with Crippen LogP contribution >= 0.6 is 0 Å². The molecule has 1 heterocycles. The number of aliphatic hydroxyl groups is 1. The minimum atomic E-state index is -0.488. The van der Waals surface area contributed by atoms with Gasteiger partial charge in [-0.3, -0.25) is 4.99 Å². The second-order valence-electron chi connectivity index (χ2n) is 3.93. The lowest BCUT2D eigenvalue weighted by Crippen LogP contribution is -2.37. The molecule has 0 saturated heterocycles. The van der Waals surface area contributed by atoms with Crippen LogP contribution in [0.4, 0.5) is 0 Å². The van der Waals surface area contributed by atoms with Crippen LogP contribution in [0.3, 0.4) is 0 Å². The van der Waals surface area contributed by atoms with Crippen molar-refractivity contribution in [2.45, 2.75) is 6.10 Å². The number of hydrogen-bond acceptors (Lipinski definition) is 4. The van der Waals surface area contributed by atoms with Gasteiger partial charge in [0.1, 0.15) is 0 Å². The summed E-state index contributed by atoms with van der Waals surface area (Å²) in [6, 6.07) is 9.65. The lowest BCUT2D eigenvalue weighted by Gasteiger charge is -2.17. The number of hydrogen-bond donors (Lipinski definition) is 2. The maximum Gasteiger partial charge on any atom is 0.193 e. The van der Waals surface area contributed by atoms with E-state index in [1.807, 2.05) is 37.4 Å². The topological polar surface area (TPSA) is 47.9 Å². The summed E-state index contributed by atoms with van der Waals surface area (Å²) in [5, 5.41) is 13.1. The van der Waals surface area contributed by atoms with Crippen molar-refractivity contribution in [1.29, 1.82) is 0 Å². The first-order valence-corrected chi connectivity index (χ1v) is 5.50. The van der Waals surface area contributed by atoms with Gasteiger partial charge in [0.15, 0.2) is 5.96 Å². The summed E-state index contributed by atoms with van der Waals surface area (Å²) < 4.78 is 0. The molecule has 86 valence electrons. The average molecular weight is 219 g/mol. The van der Waals surface area contributed by atoms with Crippen molar-refractivity contribution in [2.75, 3.05) is 26.7 Å². The third-order valence-electron chi connectivity index (χ3n) is 2.70. The molecule has 0 aromatic heterocycles. The summed E-state index contributed by atoms with van der Waals surface area (Å²) in [5.74, 6) is 0.870. The number of aliphatic hydroxyl groups excluding tert-OH is 1. The van der Waals surface area contributed by atoms with Crippen molar-refractivity contribution in [1.82, 2.24) is 10.2 Å². The van der Waals surface area contributed by atoms with E-state index in [1.54, 1.807) is 0 Å². The molecule has 0 bridgehead atoms. The molecular weight excluding hydrogens is 202 g/mol. The van der Waals surface area contributed by atoms with Crippen molar-refractivity contribution in [3.63, 3.8) is 0 Å². The zero-order valence-corrected chi connectivity index (χ0v) is 9.43. The fourth-order valence-electron chi connectivity index (χ4n) is 1.70. The molecule has 1 atom stereocenters. The molecular formula is C12H17N3O. The van der Waals surface area contributed by atoms with Gasteiger partial charge in [0, 0.05) is 20.1 Å². The number of guanidine groups is 1. The fourth-order valence-corrected chi connectivity index (χ4v) is 1.70. The molecule has 4 nitrogen and oxygen atoms in total. The highest BCUT2D eigenvalue weighted by atomic mass is 16.3. The van der Waals surface area contributed by atoms with Crippen LogP contribution in [0.25, 0.3) is 0 Å². The minimum Gasteiger partial charge on any atom is -0.387 e. The monoisotopic (exact) mass is 219 g/mol. The largest absolute Gasteiger partial charge is 0.387 e. The van der Waals surface area contributed by atoms with E-state index in [0.29, 0.717) is 6.54 Å². The molecule has 0 saturated carbocycles. The van der Waals surface area contributed by atoms with Crippen LogP contribution in [-0.4, -0.2) is 42.6 Å². The van der Waals surface area contributed by atoms with E-state index >= 15 is 0 Å². The van der Waals surface area contributed by atoms with Crippen LogP contribution in [0.5, 0.6) is 0 Å². The van der Waals surface area contributed by atoms with Gasteiger partial charge in [-0.25, -0.2) is 0 Å². The van der Waals surface area contributed by atoms with Crippen molar-refractivity contribution in [2.24, 2.45) is 4.99 Å². The molecule has 2 rings (SSSR count). The number of benzene rings is 1. The van der Waals surface area contributed by atoms with E-state index in [2.05, 4.69) is 15.2 Å². The first-order valence-electron chi connectivity index (χ1n) is 5.50. The maximum atomic E-state index is 9.93. The van der Waals surface area contributed by atoms with Crippen LogP contribution in [0, 0.1) is 0 Å². The van der Waals surface area contributed by atoms with Crippen molar-refractivity contribution < 1.29 is 5.11 Å². The molecule has 16 heavy (non-hydrogen) atoms. The van der Waals surface area contributed by atoms with E-state index in [-0.39, 0.29) is 0 Å². The number of nitrogens with one attached hydrogen (secondary N) is 1. The summed E-state index contributed by atoms with van der Waals surface area (Å²) in [7, 11) is 1.99. The predicted octanol–water partition coefficient (Wildman–Crippen LogP) is 0.611. The van der Waals surface area contributed by atoms with Crippen LogP contribution in [-0.2, 0) is 0 Å². The molecule has 0 radical (unpaired) electrons. The number of rotatable bonds is 3. The second kappa shape index (κ2) is 4.99. The normalized spacial score (nSPS) is 17.1. The quantitative estimate of drug-likeness (QED) is 0.783. The third kappa shape index (κ3) is 2.52. The molecule has 1 unspecified atom stereocenters. The van der Waals surface area contributed by atoms with Gasteiger partial charge >= 0.3 is 0 Å². The van der Waals surface area contributed by atoms with E-state index < -0.39 is 6.10 Å². The van der Waals surface area contributed by atoms with Gasteiger partial charge in [0.05, 0.1) is 12.6 Å². The zero-order valence-electron chi connectivity index (χ0n) is 9.43. The van der Waals surface area contributed by atoms with Crippen molar-refractivity contribution in [3.8, 4) is 0 Å². The maximum absolute atomic E-state index is 9.93. The molecule has 4 heteroatoms. The van der Waals surface area contributed by atoms with E-state index in [0.717, 1.165) is 24.6 Å². The van der Waals surface area contributed by atoms with Gasteiger partial charge in [0.2, 0.25) is 0 Å². The summed E-state index contributed by atoms with van der Waals surface area (Å²) in [4.78, 5) is 6.36. The van der Waals surface area contributed by atoms with Gasteiger partial charge in [-0.1, -0.05) is 30.3 Å². The average Bonchev–Trinajstić information content (AvgIpc) is 2.73. The Hall–Kier alpha value is -1.55. The Balaban J connectivity index is 1.87. The highest BCUT2D eigenvalue weighted by Gasteiger charge is 2.13. The first kappa shape index (κ1) is 11.0. The van der Waals surface area contributed by atoms with E-state index in [9.17, 15) is 5.11 Å². The highest BCUT2D eigenvalue weighted by Crippen LogP contribution is 2.10. The smallest absolute Gasteiger partial charge is 0.193 e. The Morgan fingerprint density at radius 3 is 2.81 bits per heavy atom.